The van der Waals surface area contributed by atoms with Crippen molar-refractivity contribution < 1.29 is 14.3 Å². The third kappa shape index (κ3) is 7.09. The lowest BCUT2D eigenvalue weighted by Crippen LogP contribution is -2.44. The number of hydrogen-bond acceptors (Lipinski definition) is 4. The second-order valence-corrected chi connectivity index (χ2v) is 7.77. The van der Waals surface area contributed by atoms with Gasteiger partial charge in [0.25, 0.3) is 0 Å². The van der Waals surface area contributed by atoms with Crippen molar-refractivity contribution in [1.29, 1.82) is 0 Å². The molecule has 1 amide bonds. The van der Waals surface area contributed by atoms with Gasteiger partial charge in [-0.25, -0.2) is 4.79 Å². The van der Waals surface area contributed by atoms with E-state index in [0.29, 0.717) is 13.1 Å². The Hall–Kier alpha value is -1.27. The van der Waals surface area contributed by atoms with Crippen LogP contribution >= 0.6 is 15.9 Å². The highest BCUT2D eigenvalue weighted by Gasteiger charge is 2.23. The molecule has 0 aliphatic carbocycles. The number of benzene rings is 1. The molecule has 1 aromatic carbocycles. The van der Waals surface area contributed by atoms with E-state index in [1.165, 1.54) is 0 Å². The van der Waals surface area contributed by atoms with Crippen LogP contribution in [-0.4, -0.2) is 42.8 Å². The van der Waals surface area contributed by atoms with E-state index in [0.717, 1.165) is 22.3 Å². The molecule has 0 atom stereocenters. The lowest BCUT2D eigenvalue weighted by molar-refractivity contribution is 0.0193. The van der Waals surface area contributed by atoms with E-state index in [1.54, 1.807) is 12.0 Å². The van der Waals surface area contributed by atoms with Crippen LogP contribution in [0.25, 0.3) is 0 Å². The number of ether oxygens (including phenoxy) is 2. The molecule has 24 heavy (non-hydrogen) atoms. The molecule has 6 heteroatoms. The predicted octanol–water partition coefficient (Wildman–Crippen LogP) is 4.19. The third-order valence-corrected chi connectivity index (χ3v) is 3.95. The molecule has 0 aliphatic rings. The number of halogens is 1. The van der Waals surface area contributed by atoms with E-state index in [4.69, 9.17) is 9.47 Å². The quantitative estimate of drug-likeness (QED) is 0.696. The number of nitrogens with zero attached hydrogens (tertiary/aromatic N) is 1. The molecular weight excluding hydrogens is 372 g/mol. The molecule has 5 nitrogen and oxygen atoms in total. The van der Waals surface area contributed by atoms with Crippen molar-refractivity contribution >= 4 is 22.0 Å². The fourth-order valence-corrected chi connectivity index (χ4v) is 2.72. The first-order chi connectivity index (χ1) is 11.1. The van der Waals surface area contributed by atoms with Gasteiger partial charge in [-0.15, -0.1) is 0 Å². The van der Waals surface area contributed by atoms with Crippen molar-refractivity contribution in [2.75, 3.05) is 20.2 Å². The van der Waals surface area contributed by atoms with Crippen LogP contribution in [0, 0.1) is 0 Å². The highest BCUT2D eigenvalue weighted by Crippen LogP contribution is 2.25. The summed E-state index contributed by atoms with van der Waals surface area (Å²) in [4.78, 5) is 14.0. The summed E-state index contributed by atoms with van der Waals surface area (Å²) in [6, 6.07) is 6.07. The van der Waals surface area contributed by atoms with Gasteiger partial charge in [0.1, 0.15) is 11.4 Å². The number of nitrogens with one attached hydrogen (secondary N) is 1. The van der Waals surface area contributed by atoms with Crippen molar-refractivity contribution in [3.8, 4) is 5.75 Å². The average Bonchev–Trinajstić information content (AvgIpc) is 2.44. The number of amides is 1. The monoisotopic (exact) mass is 400 g/mol. The first-order valence-electron chi connectivity index (χ1n) is 8.17. The van der Waals surface area contributed by atoms with E-state index in [-0.39, 0.29) is 12.1 Å². The van der Waals surface area contributed by atoms with Crippen LogP contribution in [-0.2, 0) is 11.3 Å². The van der Waals surface area contributed by atoms with Gasteiger partial charge >= 0.3 is 6.09 Å². The minimum atomic E-state index is -0.479. The molecule has 0 radical (unpaired) electrons. The molecule has 0 unspecified atom stereocenters. The van der Waals surface area contributed by atoms with Gasteiger partial charge in [0.2, 0.25) is 0 Å². The Bertz CT molecular complexity index is 542. The summed E-state index contributed by atoms with van der Waals surface area (Å²) in [5.41, 5.74) is 0.670. The zero-order chi connectivity index (χ0) is 18.3. The van der Waals surface area contributed by atoms with Crippen molar-refractivity contribution in [2.24, 2.45) is 0 Å². The Kier molecular flexibility index (Phi) is 8.03. The summed E-state index contributed by atoms with van der Waals surface area (Å²) in [6.07, 6.45) is -0.272. The zero-order valence-corrected chi connectivity index (χ0v) is 17.1. The maximum atomic E-state index is 12.2. The summed E-state index contributed by atoms with van der Waals surface area (Å²) in [5.74, 6) is 0.814. The SMILES string of the molecule is COc1ccc(CNCCN(C(=O)OC(C)(C)C)C(C)C)cc1Br. The van der Waals surface area contributed by atoms with Gasteiger partial charge in [-0.2, -0.15) is 0 Å². The highest BCUT2D eigenvalue weighted by molar-refractivity contribution is 9.10. The number of carbonyl (C=O) groups excluding carboxylic acids is 1. The molecule has 0 heterocycles. The molecule has 0 aliphatic heterocycles. The van der Waals surface area contributed by atoms with E-state index in [2.05, 4.69) is 21.2 Å². The third-order valence-electron chi connectivity index (χ3n) is 3.33. The van der Waals surface area contributed by atoms with Gasteiger partial charge in [-0.3, -0.25) is 0 Å². The van der Waals surface area contributed by atoms with Crippen LogP contribution in [0.15, 0.2) is 22.7 Å². The Balaban J connectivity index is 2.48. The lowest BCUT2D eigenvalue weighted by Gasteiger charge is -2.30. The molecular formula is C18H29BrN2O3. The second-order valence-electron chi connectivity index (χ2n) is 6.91. The number of hydrogen-bond donors (Lipinski definition) is 1. The Morgan fingerprint density at radius 2 is 2.00 bits per heavy atom. The summed E-state index contributed by atoms with van der Waals surface area (Å²) in [5, 5.41) is 3.36. The lowest BCUT2D eigenvalue weighted by atomic mass is 10.2. The summed E-state index contributed by atoms with van der Waals surface area (Å²) in [6.45, 7) is 11.6. The van der Waals surface area contributed by atoms with E-state index >= 15 is 0 Å². The highest BCUT2D eigenvalue weighted by atomic mass is 79.9. The van der Waals surface area contributed by atoms with Gasteiger partial charge in [0, 0.05) is 25.7 Å². The van der Waals surface area contributed by atoms with Crippen molar-refractivity contribution in [3.63, 3.8) is 0 Å². The fourth-order valence-electron chi connectivity index (χ4n) is 2.13. The molecule has 0 spiro atoms. The smallest absolute Gasteiger partial charge is 0.410 e. The fraction of sp³-hybridized carbons (Fsp3) is 0.611. The molecule has 1 aromatic rings. The predicted molar refractivity (Wildman–Crippen MR) is 100 cm³/mol. The van der Waals surface area contributed by atoms with Crippen LogP contribution in [0.1, 0.15) is 40.2 Å². The Labute approximate surface area is 153 Å². The summed E-state index contributed by atoms with van der Waals surface area (Å²) in [7, 11) is 1.65. The van der Waals surface area contributed by atoms with E-state index < -0.39 is 5.60 Å². The van der Waals surface area contributed by atoms with Crippen LogP contribution in [0.4, 0.5) is 4.79 Å². The Morgan fingerprint density at radius 3 is 2.50 bits per heavy atom. The zero-order valence-electron chi connectivity index (χ0n) is 15.5. The average molecular weight is 401 g/mol. The Morgan fingerprint density at radius 1 is 1.33 bits per heavy atom. The van der Waals surface area contributed by atoms with Gasteiger partial charge in [-0.05, 0) is 68.2 Å². The molecule has 1 N–H and O–H groups in total. The molecule has 1 rings (SSSR count). The minimum absolute atomic E-state index is 0.0942. The first-order valence-corrected chi connectivity index (χ1v) is 8.96. The van der Waals surface area contributed by atoms with Crippen molar-refractivity contribution in [1.82, 2.24) is 10.2 Å². The molecule has 0 aromatic heterocycles. The molecule has 0 saturated carbocycles. The maximum Gasteiger partial charge on any atom is 0.410 e. The van der Waals surface area contributed by atoms with Crippen LogP contribution < -0.4 is 10.1 Å². The van der Waals surface area contributed by atoms with Crippen molar-refractivity contribution in [3.05, 3.63) is 28.2 Å². The largest absolute Gasteiger partial charge is 0.496 e. The normalized spacial score (nSPS) is 11.5. The second kappa shape index (κ2) is 9.28. The van der Waals surface area contributed by atoms with Crippen LogP contribution in [0.3, 0.4) is 0 Å². The molecule has 0 saturated heterocycles. The first kappa shape index (κ1) is 20.8. The van der Waals surface area contributed by atoms with Gasteiger partial charge < -0.3 is 19.7 Å². The van der Waals surface area contributed by atoms with Crippen LogP contribution in [0.2, 0.25) is 0 Å². The topological polar surface area (TPSA) is 50.8 Å². The van der Waals surface area contributed by atoms with E-state index in [9.17, 15) is 4.79 Å². The molecule has 0 bridgehead atoms. The van der Waals surface area contributed by atoms with Crippen LogP contribution in [0.5, 0.6) is 5.75 Å². The maximum absolute atomic E-state index is 12.2. The van der Waals surface area contributed by atoms with Gasteiger partial charge in [0.05, 0.1) is 11.6 Å². The number of carbonyl (C=O) groups is 1. The standard InChI is InChI=1S/C18H29BrN2O3/c1-13(2)21(17(22)24-18(3,4)5)10-9-20-12-14-7-8-16(23-6)15(19)11-14/h7-8,11,13,20H,9-10,12H2,1-6H3. The summed E-state index contributed by atoms with van der Waals surface area (Å²) < 4.78 is 11.6. The van der Waals surface area contributed by atoms with Gasteiger partial charge in [0.15, 0.2) is 0 Å². The summed E-state index contributed by atoms with van der Waals surface area (Å²) >= 11 is 3.48. The van der Waals surface area contributed by atoms with E-state index in [1.807, 2.05) is 52.8 Å². The molecule has 136 valence electrons. The number of rotatable bonds is 7. The number of methoxy groups -OCH3 is 1. The molecule has 0 fully saturated rings. The van der Waals surface area contributed by atoms with Gasteiger partial charge in [-0.1, -0.05) is 6.07 Å². The van der Waals surface area contributed by atoms with Crippen molar-refractivity contribution in [2.45, 2.75) is 52.8 Å². The minimum Gasteiger partial charge on any atom is -0.496 e.